The largest absolute Gasteiger partial charge is 0.338 e. The number of nitrogens with zero attached hydrogens (tertiary/aromatic N) is 3. The molecule has 4 heteroatoms. The summed E-state index contributed by atoms with van der Waals surface area (Å²) >= 11 is 0. The lowest BCUT2D eigenvalue weighted by molar-refractivity contribution is 0.0706. The van der Waals surface area contributed by atoms with Gasteiger partial charge in [-0.15, -0.1) is 0 Å². The maximum Gasteiger partial charge on any atom is 0.253 e. The third-order valence-electron chi connectivity index (χ3n) is 5.13. The Labute approximate surface area is 159 Å². The molecule has 0 unspecified atom stereocenters. The Kier molecular flexibility index (Phi) is 4.97. The number of aromatic nitrogens is 2. The molecule has 2 heterocycles. The number of carbonyl (C=O) groups is 1. The summed E-state index contributed by atoms with van der Waals surface area (Å²) in [7, 11) is 0. The summed E-state index contributed by atoms with van der Waals surface area (Å²) in [5.41, 5.74) is 4.01. The predicted molar refractivity (Wildman–Crippen MR) is 107 cm³/mol. The van der Waals surface area contributed by atoms with E-state index in [1.165, 1.54) is 5.56 Å². The molecule has 4 rings (SSSR count). The fraction of sp³-hybridized carbons (Fsp3) is 0.261. The monoisotopic (exact) mass is 357 g/mol. The van der Waals surface area contributed by atoms with Crippen molar-refractivity contribution in [2.24, 2.45) is 0 Å². The third-order valence-corrected chi connectivity index (χ3v) is 5.13. The normalized spacial score (nSPS) is 16.9. The van der Waals surface area contributed by atoms with Crippen molar-refractivity contribution in [3.63, 3.8) is 0 Å². The minimum Gasteiger partial charge on any atom is -0.338 e. The molecule has 1 fully saturated rings. The van der Waals surface area contributed by atoms with Crippen molar-refractivity contribution in [1.29, 1.82) is 0 Å². The number of hydrogen-bond acceptors (Lipinski definition) is 3. The Balaban J connectivity index is 1.54. The fourth-order valence-corrected chi connectivity index (χ4v) is 3.61. The molecule has 4 nitrogen and oxygen atoms in total. The van der Waals surface area contributed by atoms with E-state index < -0.39 is 0 Å². The molecule has 0 aliphatic carbocycles. The van der Waals surface area contributed by atoms with Crippen LogP contribution in [0.2, 0.25) is 0 Å². The molecule has 1 amide bonds. The Morgan fingerprint density at radius 3 is 2.59 bits per heavy atom. The highest BCUT2D eigenvalue weighted by Crippen LogP contribution is 2.27. The van der Waals surface area contributed by atoms with Crippen LogP contribution in [0.15, 0.2) is 66.9 Å². The average Bonchev–Trinajstić information content (AvgIpc) is 2.74. The number of aryl methyl sites for hydroxylation is 1. The van der Waals surface area contributed by atoms with Crippen molar-refractivity contribution < 1.29 is 4.79 Å². The lowest BCUT2D eigenvalue weighted by Crippen LogP contribution is -2.39. The molecule has 27 heavy (non-hydrogen) atoms. The molecule has 0 N–H and O–H groups in total. The number of piperidine rings is 1. The van der Waals surface area contributed by atoms with Gasteiger partial charge in [0, 0.05) is 42.0 Å². The quantitative estimate of drug-likeness (QED) is 0.695. The summed E-state index contributed by atoms with van der Waals surface area (Å²) in [4.78, 5) is 24.0. The van der Waals surface area contributed by atoms with Crippen LogP contribution in [0.25, 0.3) is 11.4 Å². The minimum atomic E-state index is 0.105. The van der Waals surface area contributed by atoms with E-state index in [1.807, 2.05) is 47.5 Å². The average molecular weight is 357 g/mol. The van der Waals surface area contributed by atoms with Crippen molar-refractivity contribution in [2.75, 3.05) is 13.1 Å². The Morgan fingerprint density at radius 1 is 1.04 bits per heavy atom. The second-order valence-electron chi connectivity index (χ2n) is 7.13. The van der Waals surface area contributed by atoms with Crippen LogP contribution in [0.4, 0.5) is 0 Å². The van der Waals surface area contributed by atoms with Crippen LogP contribution in [0, 0.1) is 6.92 Å². The fourth-order valence-electron chi connectivity index (χ4n) is 3.61. The first-order valence-electron chi connectivity index (χ1n) is 9.45. The maximum absolute atomic E-state index is 12.8. The van der Waals surface area contributed by atoms with E-state index >= 15 is 0 Å². The topological polar surface area (TPSA) is 46.1 Å². The summed E-state index contributed by atoms with van der Waals surface area (Å²) in [5, 5.41) is 0. The zero-order valence-corrected chi connectivity index (χ0v) is 15.5. The maximum atomic E-state index is 12.8. The molecule has 2 aromatic carbocycles. The number of carbonyl (C=O) groups excluding carboxylic acids is 1. The predicted octanol–water partition coefficient (Wildman–Crippen LogP) is 4.47. The summed E-state index contributed by atoms with van der Waals surface area (Å²) in [6.45, 7) is 3.58. The highest BCUT2D eigenvalue weighted by Gasteiger charge is 2.26. The molecular weight excluding hydrogens is 334 g/mol. The van der Waals surface area contributed by atoms with Crippen LogP contribution in [0.3, 0.4) is 0 Å². The van der Waals surface area contributed by atoms with Gasteiger partial charge >= 0.3 is 0 Å². The lowest BCUT2D eigenvalue weighted by Gasteiger charge is -2.32. The molecule has 1 aliphatic heterocycles. The SMILES string of the molecule is Cc1ccc(-c2nccc([C@H]3CCCN(C(=O)c4ccccc4)C3)n2)cc1. The van der Waals surface area contributed by atoms with Crippen molar-refractivity contribution >= 4 is 5.91 Å². The van der Waals surface area contributed by atoms with Gasteiger partial charge in [0.05, 0.1) is 0 Å². The van der Waals surface area contributed by atoms with Gasteiger partial charge in [-0.3, -0.25) is 4.79 Å². The zero-order chi connectivity index (χ0) is 18.6. The summed E-state index contributed by atoms with van der Waals surface area (Å²) < 4.78 is 0. The van der Waals surface area contributed by atoms with Gasteiger partial charge in [0.2, 0.25) is 0 Å². The lowest BCUT2D eigenvalue weighted by atomic mass is 9.94. The van der Waals surface area contributed by atoms with E-state index in [1.54, 1.807) is 0 Å². The van der Waals surface area contributed by atoms with Crippen LogP contribution in [-0.4, -0.2) is 33.9 Å². The van der Waals surface area contributed by atoms with Crippen LogP contribution in [-0.2, 0) is 0 Å². The first-order chi connectivity index (χ1) is 13.2. The minimum absolute atomic E-state index is 0.105. The van der Waals surface area contributed by atoms with Gasteiger partial charge in [-0.05, 0) is 38.0 Å². The molecule has 3 aromatic rings. The van der Waals surface area contributed by atoms with Gasteiger partial charge in [0.25, 0.3) is 5.91 Å². The van der Waals surface area contributed by atoms with E-state index in [0.29, 0.717) is 6.54 Å². The first kappa shape index (κ1) is 17.4. The molecule has 0 bridgehead atoms. The van der Waals surface area contributed by atoms with Gasteiger partial charge in [-0.25, -0.2) is 9.97 Å². The van der Waals surface area contributed by atoms with E-state index in [-0.39, 0.29) is 11.8 Å². The van der Waals surface area contributed by atoms with E-state index in [0.717, 1.165) is 42.0 Å². The van der Waals surface area contributed by atoms with Crippen LogP contribution in [0.1, 0.15) is 40.4 Å². The molecule has 136 valence electrons. The summed E-state index contributed by atoms with van der Waals surface area (Å²) in [6, 6.07) is 19.8. The van der Waals surface area contributed by atoms with Gasteiger partial charge < -0.3 is 4.90 Å². The number of likely N-dealkylation sites (tertiary alicyclic amines) is 1. The Hall–Kier alpha value is -3.01. The highest BCUT2D eigenvalue weighted by molar-refractivity contribution is 5.94. The Morgan fingerprint density at radius 2 is 1.81 bits per heavy atom. The molecule has 0 saturated carbocycles. The van der Waals surface area contributed by atoms with Gasteiger partial charge in [0.1, 0.15) is 0 Å². The molecule has 1 aromatic heterocycles. The van der Waals surface area contributed by atoms with Crippen LogP contribution < -0.4 is 0 Å². The van der Waals surface area contributed by atoms with Crippen LogP contribution in [0.5, 0.6) is 0 Å². The van der Waals surface area contributed by atoms with Gasteiger partial charge in [-0.1, -0.05) is 48.0 Å². The Bertz CT molecular complexity index is 922. The van der Waals surface area contributed by atoms with Crippen molar-refractivity contribution in [3.8, 4) is 11.4 Å². The zero-order valence-electron chi connectivity index (χ0n) is 15.5. The first-order valence-corrected chi connectivity index (χ1v) is 9.45. The summed E-state index contributed by atoms with van der Waals surface area (Å²) in [6.07, 6.45) is 3.87. The van der Waals surface area contributed by atoms with E-state index in [9.17, 15) is 4.79 Å². The molecule has 1 atom stereocenters. The van der Waals surface area contributed by atoms with E-state index in [2.05, 4.69) is 36.2 Å². The number of rotatable bonds is 3. The highest BCUT2D eigenvalue weighted by atomic mass is 16.2. The molecule has 0 spiro atoms. The summed E-state index contributed by atoms with van der Waals surface area (Å²) in [5.74, 6) is 1.10. The third kappa shape index (κ3) is 3.90. The molecular formula is C23H23N3O. The number of hydrogen-bond donors (Lipinski definition) is 0. The number of benzene rings is 2. The number of amides is 1. The second-order valence-corrected chi connectivity index (χ2v) is 7.13. The second kappa shape index (κ2) is 7.70. The molecule has 1 aliphatic rings. The van der Waals surface area contributed by atoms with Crippen molar-refractivity contribution in [3.05, 3.63) is 83.7 Å². The van der Waals surface area contributed by atoms with E-state index in [4.69, 9.17) is 4.98 Å². The van der Waals surface area contributed by atoms with Crippen molar-refractivity contribution in [2.45, 2.75) is 25.7 Å². The van der Waals surface area contributed by atoms with Crippen LogP contribution >= 0.6 is 0 Å². The smallest absolute Gasteiger partial charge is 0.253 e. The van der Waals surface area contributed by atoms with Crippen molar-refractivity contribution in [1.82, 2.24) is 14.9 Å². The standard InChI is InChI=1S/C23H23N3O/c1-17-9-11-18(12-10-17)22-24-14-13-21(25-22)20-8-5-15-26(16-20)23(27)19-6-3-2-4-7-19/h2-4,6-7,9-14,20H,5,8,15-16H2,1H3/t20-/m0/s1. The van der Waals surface area contributed by atoms with Gasteiger partial charge in [-0.2, -0.15) is 0 Å². The molecule has 1 saturated heterocycles. The molecule has 0 radical (unpaired) electrons. The van der Waals surface area contributed by atoms with Gasteiger partial charge in [0.15, 0.2) is 5.82 Å².